The average molecular weight is 318 g/mol. The zero-order chi connectivity index (χ0) is 14.6. The number of rotatable bonds is 6. The van der Waals surface area contributed by atoms with Crippen LogP contribution in [0.5, 0.6) is 0 Å². The monoisotopic (exact) mass is 318 g/mol. The highest BCUT2D eigenvalue weighted by Gasteiger charge is 2.31. The topological polar surface area (TPSA) is 65.5 Å². The van der Waals surface area contributed by atoms with E-state index in [1.54, 1.807) is 16.9 Å². The van der Waals surface area contributed by atoms with Gasteiger partial charge in [0.25, 0.3) is 10.2 Å². The third kappa shape index (κ3) is 3.76. The molecule has 0 saturated carbocycles. The third-order valence-corrected chi connectivity index (χ3v) is 6.22. The SMILES string of the molecule is CNCC1CCN(S(=O)(=O)N(C)Cc2cscn2)CC1. The van der Waals surface area contributed by atoms with Gasteiger partial charge in [0.05, 0.1) is 17.7 Å². The lowest BCUT2D eigenvalue weighted by Crippen LogP contribution is -2.46. The van der Waals surface area contributed by atoms with Gasteiger partial charge in [-0.2, -0.15) is 17.0 Å². The Labute approximate surface area is 125 Å². The largest absolute Gasteiger partial charge is 0.319 e. The molecule has 0 radical (unpaired) electrons. The van der Waals surface area contributed by atoms with Crippen LogP contribution in [0, 0.1) is 5.92 Å². The molecule has 2 heterocycles. The van der Waals surface area contributed by atoms with Crippen molar-refractivity contribution in [2.45, 2.75) is 19.4 Å². The van der Waals surface area contributed by atoms with E-state index in [0.29, 0.717) is 25.6 Å². The highest BCUT2D eigenvalue weighted by molar-refractivity contribution is 7.86. The molecule has 1 N–H and O–H groups in total. The molecule has 1 fully saturated rings. The Balaban J connectivity index is 1.93. The summed E-state index contributed by atoms with van der Waals surface area (Å²) < 4.78 is 28.0. The number of hydrogen-bond acceptors (Lipinski definition) is 5. The molecule has 0 atom stereocenters. The maximum absolute atomic E-state index is 12.5. The first-order valence-corrected chi connectivity index (χ1v) is 9.11. The summed E-state index contributed by atoms with van der Waals surface area (Å²) in [5.74, 6) is 0.579. The van der Waals surface area contributed by atoms with E-state index in [9.17, 15) is 8.42 Å². The first-order valence-electron chi connectivity index (χ1n) is 6.77. The molecule has 0 aromatic carbocycles. The molecule has 1 aliphatic rings. The van der Waals surface area contributed by atoms with Crippen molar-refractivity contribution in [3.05, 3.63) is 16.6 Å². The average Bonchev–Trinajstić information content (AvgIpc) is 2.92. The minimum atomic E-state index is -3.37. The van der Waals surface area contributed by atoms with Gasteiger partial charge in [0.2, 0.25) is 0 Å². The summed E-state index contributed by atoms with van der Waals surface area (Å²) in [6.45, 7) is 2.51. The summed E-state index contributed by atoms with van der Waals surface area (Å²) in [6, 6.07) is 0. The summed E-state index contributed by atoms with van der Waals surface area (Å²) in [5.41, 5.74) is 2.52. The van der Waals surface area contributed by atoms with E-state index >= 15 is 0 Å². The molecule has 1 saturated heterocycles. The van der Waals surface area contributed by atoms with Gasteiger partial charge in [-0.05, 0) is 32.4 Å². The van der Waals surface area contributed by atoms with Crippen LogP contribution in [0.2, 0.25) is 0 Å². The van der Waals surface area contributed by atoms with Crippen molar-refractivity contribution in [2.75, 3.05) is 33.7 Å². The van der Waals surface area contributed by atoms with Gasteiger partial charge >= 0.3 is 0 Å². The summed E-state index contributed by atoms with van der Waals surface area (Å²) in [4.78, 5) is 4.14. The third-order valence-electron chi connectivity index (χ3n) is 3.65. The second-order valence-corrected chi connectivity index (χ2v) is 7.90. The van der Waals surface area contributed by atoms with E-state index in [4.69, 9.17) is 0 Å². The maximum atomic E-state index is 12.5. The Hall–Kier alpha value is -0.540. The summed E-state index contributed by atoms with van der Waals surface area (Å²) >= 11 is 1.48. The molecule has 0 aliphatic carbocycles. The highest BCUT2D eigenvalue weighted by Crippen LogP contribution is 2.21. The predicted molar refractivity (Wildman–Crippen MR) is 80.7 cm³/mol. The van der Waals surface area contributed by atoms with E-state index in [-0.39, 0.29) is 0 Å². The van der Waals surface area contributed by atoms with E-state index in [0.717, 1.165) is 25.1 Å². The smallest absolute Gasteiger partial charge is 0.282 e. The summed E-state index contributed by atoms with van der Waals surface area (Å²) in [5, 5.41) is 5.04. The quantitative estimate of drug-likeness (QED) is 0.841. The van der Waals surface area contributed by atoms with Crippen molar-refractivity contribution in [3.63, 3.8) is 0 Å². The molecule has 0 bridgehead atoms. The Bertz CT molecular complexity index is 496. The van der Waals surface area contributed by atoms with Gasteiger partial charge in [-0.3, -0.25) is 0 Å². The van der Waals surface area contributed by atoms with E-state index in [1.165, 1.54) is 15.6 Å². The van der Waals surface area contributed by atoms with Gasteiger partial charge in [0, 0.05) is 25.5 Å². The standard InChI is InChI=1S/C12H22N4O2S2/c1-13-7-11-3-5-16(6-4-11)20(17,18)15(2)8-12-9-19-10-14-12/h9-11,13H,3-8H2,1-2H3. The molecule has 6 nitrogen and oxygen atoms in total. The van der Waals surface area contributed by atoms with Crippen LogP contribution in [0.4, 0.5) is 0 Å². The second-order valence-electron chi connectivity index (χ2n) is 5.14. The minimum Gasteiger partial charge on any atom is -0.319 e. The predicted octanol–water partition coefficient (Wildman–Crippen LogP) is 0.751. The number of aromatic nitrogens is 1. The molecule has 1 aliphatic heterocycles. The molecule has 20 heavy (non-hydrogen) atoms. The highest BCUT2D eigenvalue weighted by atomic mass is 32.2. The van der Waals surface area contributed by atoms with Crippen LogP contribution < -0.4 is 5.32 Å². The van der Waals surface area contributed by atoms with Crippen LogP contribution in [0.25, 0.3) is 0 Å². The molecule has 0 spiro atoms. The number of hydrogen-bond donors (Lipinski definition) is 1. The van der Waals surface area contributed by atoms with Gasteiger partial charge in [0.15, 0.2) is 0 Å². The Morgan fingerprint density at radius 1 is 1.50 bits per heavy atom. The van der Waals surface area contributed by atoms with Gasteiger partial charge in [0.1, 0.15) is 0 Å². The van der Waals surface area contributed by atoms with Crippen LogP contribution in [-0.4, -0.2) is 55.7 Å². The lowest BCUT2D eigenvalue weighted by atomic mass is 9.98. The molecule has 0 unspecified atom stereocenters. The normalized spacial score (nSPS) is 18.8. The molecular formula is C12H22N4O2S2. The van der Waals surface area contributed by atoms with Gasteiger partial charge in [-0.25, -0.2) is 4.98 Å². The molecule has 1 aromatic heterocycles. The number of piperidine rings is 1. The van der Waals surface area contributed by atoms with Crippen molar-refractivity contribution in [1.82, 2.24) is 18.9 Å². The number of thiazole rings is 1. The summed E-state index contributed by atoms with van der Waals surface area (Å²) in [6.07, 6.45) is 1.84. The zero-order valence-electron chi connectivity index (χ0n) is 11.9. The van der Waals surface area contributed by atoms with Crippen LogP contribution in [0.3, 0.4) is 0 Å². The number of nitrogens with zero attached hydrogens (tertiary/aromatic N) is 3. The fraction of sp³-hybridized carbons (Fsp3) is 0.750. The van der Waals surface area contributed by atoms with Crippen molar-refractivity contribution in [3.8, 4) is 0 Å². The fourth-order valence-electron chi connectivity index (χ4n) is 2.46. The van der Waals surface area contributed by atoms with E-state index in [2.05, 4.69) is 10.3 Å². The van der Waals surface area contributed by atoms with Crippen molar-refractivity contribution in [1.29, 1.82) is 0 Å². The Kier molecular flexibility index (Phi) is 5.50. The van der Waals surface area contributed by atoms with Crippen LogP contribution in [0.1, 0.15) is 18.5 Å². The molecule has 0 amide bonds. The molecular weight excluding hydrogens is 296 g/mol. The van der Waals surface area contributed by atoms with Gasteiger partial charge < -0.3 is 5.32 Å². The first-order chi connectivity index (χ1) is 9.54. The van der Waals surface area contributed by atoms with Crippen molar-refractivity contribution >= 4 is 21.5 Å². The first kappa shape index (κ1) is 15.8. The van der Waals surface area contributed by atoms with Crippen molar-refractivity contribution in [2.24, 2.45) is 5.92 Å². The molecule has 114 valence electrons. The summed E-state index contributed by atoms with van der Waals surface area (Å²) in [7, 11) is 0.189. The Morgan fingerprint density at radius 2 is 2.20 bits per heavy atom. The minimum absolute atomic E-state index is 0.336. The second kappa shape index (κ2) is 6.95. The zero-order valence-corrected chi connectivity index (χ0v) is 13.6. The van der Waals surface area contributed by atoms with Crippen LogP contribution in [0.15, 0.2) is 10.9 Å². The maximum Gasteiger partial charge on any atom is 0.282 e. The molecule has 8 heteroatoms. The van der Waals surface area contributed by atoms with Crippen LogP contribution >= 0.6 is 11.3 Å². The van der Waals surface area contributed by atoms with Crippen molar-refractivity contribution < 1.29 is 8.42 Å². The Morgan fingerprint density at radius 3 is 2.75 bits per heavy atom. The van der Waals surface area contributed by atoms with Gasteiger partial charge in [-0.15, -0.1) is 11.3 Å². The molecule has 1 aromatic rings. The van der Waals surface area contributed by atoms with E-state index in [1.807, 2.05) is 12.4 Å². The number of nitrogens with one attached hydrogen (secondary N) is 1. The fourth-order valence-corrected chi connectivity index (χ4v) is 4.37. The lowest BCUT2D eigenvalue weighted by molar-refractivity contribution is 0.255. The lowest BCUT2D eigenvalue weighted by Gasteiger charge is -2.33. The van der Waals surface area contributed by atoms with E-state index < -0.39 is 10.2 Å². The van der Waals surface area contributed by atoms with Gasteiger partial charge in [-0.1, -0.05) is 0 Å². The molecule has 2 rings (SSSR count). The van der Waals surface area contributed by atoms with Crippen LogP contribution in [-0.2, 0) is 16.8 Å².